The van der Waals surface area contributed by atoms with Crippen LogP contribution >= 0.6 is 11.3 Å². The smallest absolute Gasteiger partial charge is 0.251 e. The molecule has 1 aromatic carbocycles. The lowest BCUT2D eigenvalue weighted by Gasteiger charge is -2.27. The zero-order valence-corrected chi connectivity index (χ0v) is 16.1. The summed E-state index contributed by atoms with van der Waals surface area (Å²) in [7, 11) is 0. The van der Waals surface area contributed by atoms with Gasteiger partial charge in [0.15, 0.2) is 5.13 Å². The maximum absolute atomic E-state index is 11.7. The first kappa shape index (κ1) is 17.9. The number of rotatable bonds is 4. The Labute approximate surface area is 162 Å². The first-order chi connectivity index (χ1) is 13.1. The lowest BCUT2D eigenvalue weighted by molar-refractivity contribution is -0.114. The van der Waals surface area contributed by atoms with Gasteiger partial charge in [-0.25, -0.2) is 4.98 Å². The fourth-order valence-corrected chi connectivity index (χ4v) is 4.43. The molecule has 1 saturated heterocycles. The molecule has 3 heterocycles. The summed E-state index contributed by atoms with van der Waals surface area (Å²) < 4.78 is 0. The van der Waals surface area contributed by atoms with E-state index in [1.165, 1.54) is 34.3 Å². The Morgan fingerprint density at radius 3 is 2.96 bits per heavy atom. The first-order valence-corrected chi connectivity index (χ1v) is 9.94. The molecule has 4 rings (SSSR count). The zero-order chi connectivity index (χ0) is 18.8. The van der Waals surface area contributed by atoms with Gasteiger partial charge in [-0.15, -0.1) is 11.3 Å². The summed E-state index contributed by atoms with van der Waals surface area (Å²) in [5.41, 5.74) is 4.52. The van der Waals surface area contributed by atoms with E-state index >= 15 is 0 Å². The molecular formula is C20H22N4O2S. The minimum atomic E-state index is -0.0876. The van der Waals surface area contributed by atoms with Gasteiger partial charge in [0, 0.05) is 49.7 Å². The molecule has 7 heteroatoms. The highest BCUT2D eigenvalue weighted by Gasteiger charge is 2.19. The van der Waals surface area contributed by atoms with Crippen LogP contribution in [0.1, 0.15) is 46.1 Å². The number of anilines is 1. The molecule has 27 heavy (non-hydrogen) atoms. The normalized spacial score (nSPS) is 16.8. The summed E-state index contributed by atoms with van der Waals surface area (Å²) >= 11 is 1.54. The van der Waals surface area contributed by atoms with Crippen LogP contribution in [0.15, 0.2) is 30.0 Å². The Balaban J connectivity index is 1.33. The van der Waals surface area contributed by atoms with Crippen molar-refractivity contribution < 1.29 is 9.59 Å². The predicted octanol–water partition coefficient (Wildman–Crippen LogP) is 3.02. The number of carbonyl (C=O) groups excluding carboxylic acids is 2. The molecule has 2 N–H and O–H groups in total. The third-order valence-corrected chi connectivity index (χ3v) is 5.80. The van der Waals surface area contributed by atoms with Gasteiger partial charge in [-0.1, -0.05) is 17.7 Å². The number of hydrogen-bond donors (Lipinski definition) is 2. The molecule has 2 aliphatic rings. The molecule has 0 radical (unpaired) electrons. The van der Waals surface area contributed by atoms with Crippen molar-refractivity contribution in [3.8, 4) is 0 Å². The van der Waals surface area contributed by atoms with Crippen molar-refractivity contribution in [1.29, 1.82) is 0 Å². The second kappa shape index (κ2) is 7.62. The minimum absolute atomic E-state index is 0.0299. The van der Waals surface area contributed by atoms with Crippen molar-refractivity contribution in [2.45, 2.75) is 32.9 Å². The summed E-state index contributed by atoms with van der Waals surface area (Å²) in [6.45, 7) is 5.04. The molecule has 0 bridgehead atoms. The van der Waals surface area contributed by atoms with Gasteiger partial charge in [-0.2, -0.15) is 0 Å². The predicted molar refractivity (Wildman–Crippen MR) is 107 cm³/mol. The van der Waals surface area contributed by atoms with E-state index in [0.29, 0.717) is 11.7 Å². The number of fused-ring (bicyclic) bond motifs is 1. The van der Waals surface area contributed by atoms with Crippen LogP contribution in [0, 0.1) is 0 Å². The number of aromatic nitrogens is 1. The van der Waals surface area contributed by atoms with Crippen molar-refractivity contribution in [2.24, 2.45) is 0 Å². The van der Waals surface area contributed by atoms with Gasteiger partial charge in [0.1, 0.15) is 0 Å². The minimum Gasteiger partial charge on any atom is -0.348 e. The zero-order valence-electron chi connectivity index (χ0n) is 15.2. The summed E-state index contributed by atoms with van der Waals surface area (Å²) in [6, 6.07) is 6.08. The monoisotopic (exact) mass is 382 g/mol. The Kier molecular flexibility index (Phi) is 5.05. The first-order valence-electron chi connectivity index (χ1n) is 9.12. The quantitative estimate of drug-likeness (QED) is 0.852. The molecule has 140 valence electrons. The van der Waals surface area contributed by atoms with E-state index in [1.807, 2.05) is 18.3 Å². The molecule has 1 aromatic heterocycles. The molecule has 0 aliphatic carbocycles. The highest BCUT2D eigenvalue weighted by atomic mass is 32.1. The Hall–Kier alpha value is -2.51. The number of piperidine rings is 1. The fraction of sp³-hybridized carbons (Fsp3) is 0.350. The summed E-state index contributed by atoms with van der Waals surface area (Å²) in [4.78, 5) is 30.6. The van der Waals surface area contributed by atoms with Crippen LogP contribution in [0.5, 0.6) is 0 Å². The number of hydrogen-bond acceptors (Lipinski definition) is 5. The number of nitrogens with zero attached hydrogens (tertiary/aromatic N) is 2. The average molecular weight is 382 g/mol. The van der Waals surface area contributed by atoms with Gasteiger partial charge in [0.05, 0.1) is 0 Å². The van der Waals surface area contributed by atoms with Crippen molar-refractivity contribution in [3.63, 3.8) is 0 Å². The molecule has 6 nitrogen and oxygen atoms in total. The molecule has 0 unspecified atom stereocenters. The van der Waals surface area contributed by atoms with E-state index in [1.54, 1.807) is 0 Å². The molecule has 2 aliphatic heterocycles. The van der Waals surface area contributed by atoms with Crippen LogP contribution in [0.25, 0.3) is 6.08 Å². The van der Waals surface area contributed by atoms with Gasteiger partial charge in [-0.05, 0) is 36.1 Å². The largest absolute Gasteiger partial charge is 0.348 e. The summed E-state index contributed by atoms with van der Waals surface area (Å²) in [6.07, 6.45) is 6.21. The average Bonchev–Trinajstić information content (AvgIpc) is 3.23. The van der Waals surface area contributed by atoms with Gasteiger partial charge in [0.25, 0.3) is 5.91 Å². The molecule has 1 fully saturated rings. The maximum atomic E-state index is 11.7. The van der Waals surface area contributed by atoms with Crippen LogP contribution in [0.4, 0.5) is 5.13 Å². The van der Waals surface area contributed by atoms with E-state index < -0.39 is 0 Å². The lowest BCUT2D eigenvalue weighted by Crippen LogP contribution is -2.29. The summed E-state index contributed by atoms with van der Waals surface area (Å²) in [5, 5.41) is 6.26. The lowest BCUT2D eigenvalue weighted by atomic mass is 9.99. The SMILES string of the molecule is CC(=O)Nc1ncc(CN2CCC(=Cc3ccc4c(c3)CNC4=O)CC2)s1. The van der Waals surface area contributed by atoms with Crippen LogP contribution < -0.4 is 10.6 Å². The van der Waals surface area contributed by atoms with Crippen LogP contribution in [0.3, 0.4) is 0 Å². The van der Waals surface area contributed by atoms with Crippen molar-refractivity contribution >= 4 is 34.4 Å². The van der Waals surface area contributed by atoms with Crippen LogP contribution in [-0.4, -0.2) is 34.8 Å². The maximum Gasteiger partial charge on any atom is 0.251 e. The van der Waals surface area contributed by atoms with Crippen LogP contribution in [-0.2, 0) is 17.9 Å². The Morgan fingerprint density at radius 2 is 2.19 bits per heavy atom. The number of carbonyl (C=O) groups is 2. The number of likely N-dealkylation sites (tertiary alicyclic amines) is 1. The molecular weight excluding hydrogens is 360 g/mol. The van der Waals surface area contributed by atoms with Gasteiger partial charge >= 0.3 is 0 Å². The highest BCUT2D eigenvalue weighted by molar-refractivity contribution is 7.15. The number of amides is 2. The molecule has 2 aromatic rings. The van der Waals surface area contributed by atoms with Gasteiger partial charge in [-0.3, -0.25) is 14.5 Å². The second-order valence-corrected chi connectivity index (χ2v) is 8.11. The van der Waals surface area contributed by atoms with E-state index in [0.717, 1.165) is 43.6 Å². The number of nitrogens with one attached hydrogen (secondary N) is 2. The molecule has 0 atom stereocenters. The van der Waals surface area contributed by atoms with Gasteiger partial charge < -0.3 is 10.6 Å². The third kappa shape index (κ3) is 4.26. The summed E-state index contributed by atoms with van der Waals surface area (Å²) in [5.74, 6) is -0.0578. The Bertz CT molecular complexity index is 908. The van der Waals surface area contributed by atoms with Crippen molar-refractivity contribution in [1.82, 2.24) is 15.2 Å². The fourth-order valence-electron chi connectivity index (χ4n) is 3.53. The third-order valence-electron chi connectivity index (χ3n) is 4.90. The highest BCUT2D eigenvalue weighted by Crippen LogP contribution is 2.25. The second-order valence-electron chi connectivity index (χ2n) is 6.99. The standard InChI is InChI=1S/C20H22N4O2S/c1-13(25)23-20-22-11-17(27-20)12-24-6-4-14(5-7-24)8-15-2-3-18-16(9-15)10-21-19(18)26/h2-3,8-9,11H,4-7,10,12H2,1H3,(H,21,26)(H,22,23,25). The van der Waals surface area contributed by atoms with E-state index in [4.69, 9.17) is 0 Å². The van der Waals surface area contributed by atoms with E-state index in [-0.39, 0.29) is 11.8 Å². The molecule has 0 saturated carbocycles. The topological polar surface area (TPSA) is 74.3 Å². The van der Waals surface area contributed by atoms with E-state index in [2.05, 4.69) is 32.7 Å². The molecule has 2 amide bonds. The van der Waals surface area contributed by atoms with Crippen molar-refractivity contribution in [3.05, 3.63) is 51.5 Å². The Morgan fingerprint density at radius 1 is 1.37 bits per heavy atom. The van der Waals surface area contributed by atoms with E-state index in [9.17, 15) is 9.59 Å². The number of thiazole rings is 1. The molecule has 0 spiro atoms. The van der Waals surface area contributed by atoms with Crippen LogP contribution in [0.2, 0.25) is 0 Å². The van der Waals surface area contributed by atoms with Gasteiger partial charge in [0.2, 0.25) is 5.91 Å². The number of benzene rings is 1. The van der Waals surface area contributed by atoms with Crippen molar-refractivity contribution in [2.75, 3.05) is 18.4 Å².